The Hall–Kier alpha value is -3.14. The average molecular weight is 366 g/mol. The summed E-state index contributed by atoms with van der Waals surface area (Å²) >= 11 is 0. The SMILES string of the molecule is CC(=O)c1cccc2cc(C(=O)N[C@H]3CCCC[C@H]3C(=O)NCC#N)[nH]c12. The number of hydrogen-bond donors (Lipinski definition) is 3. The molecule has 0 saturated heterocycles. The van der Waals surface area contributed by atoms with Crippen LogP contribution in [0.15, 0.2) is 24.3 Å². The fourth-order valence-electron chi connectivity index (χ4n) is 3.69. The van der Waals surface area contributed by atoms with Gasteiger partial charge in [0.25, 0.3) is 5.91 Å². The Kier molecular flexibility index (Phi) is 5.55. The van der Waals surface area contributed by atoms with Gasteiger partial charge in [-0.3, -0.25) is 14.4 Å². The average Bonchev–Trinajstić information content (AvgIpc) is 3.10. The van der Waals surface area contributed by atoms with Crippen molar-refractivity contribution >= 4 is 28.5 Å². The topological polar surface area (TPSA) is 115 Å². The number of nitriles is 1. The van der Waals surface area contributed by atoms with Gasteiger partial charge in [0, 0.05) is 17.0 Å². The lowest BCUT2D eigenvalue weighted by Gasteiger charge is -2.30. The van der Waals surface area contributed by atoms with E-state index in [0.717, 1.165) is 24.6 Å². The molecule has 140 valence electrons. The summed E-state index contributed by atoms with van der Waals surface area (Å²) in [6.45, 7) is 1.45. The van der Waals surface area contributed by atoms with Crippen molar-refractivity contribution in [1.29, 1.82) is 5.26 Å². The molecule has 2 atom stereocenters. The van der Waals surface area contributed by atoms with Gasteiger partial charge in [-0.05, 0) is 31.9 Å². The van der Waals surface area contributed by atoms with Crippen LogP contribution < -0.4 is 10.6 Å². The number of benzene rings is 1. The first-order valence-electron chi connectivity index (χ1n) is 9.09. The van der Waals surface area contributed by atoms with E-state index in [4.69, 9.17) is 5.26 Å². The molecule has 3 N–H and O–H groups in total. The highest BCUT2D eigenvalue weighted by Gasteiger charge is 2.32. The molecule has 1 fully saturated rings. The van der Waals surface area contributed by atoms with E-state index in [1.807, 2.05) is 12.1 Å². The molecular formula is C20H22N4O3. The molecule has 3 rings (SSSR count). The van der Waals surface area contributed by atoms with Crippen molar-refractivity contribution in [2.45, 2.75) is 38.6 Å². The largest absolute Gasteiger partial charge is 0.350 e. The summed E-state index contributed by atoms with van der Waals surface area (Å²) in [7, 11) is 0. The van der Waals surface area contributed by atoms with E-state index in [1.54, 1.807) is 18.2 Å². The fourth-order valence-corrected chi connectivity index (χ4v) is 3.69. The number of fused-ring (bicyclic) bond motifs is 1. The highest BCUT2D eigenvalue weighted by Crippen LogP contribution is 2.26. The van der Waals surface area contributed by atoms with E-state index >= 15 is 0 Å². The van der Waals surface area contributed by atoms with Crippen LogP contribution in [0.25, 0.3) is 10.9 Å². The van der Waals surface area contributed by atoms with Crippen molar-refractivity contribution in [3.8, 4) is 6.07 Å². The van der Waals surface area contributed by atoms with Gasteiger partial charge in [-0.2, -0.15) is 5.26 Å². The van der Waals surface area contributed by atoms with E-state index < -0.39 is 0 Å². The van der Waals surface area contributed by atoms with Crippen LogP contribution in [0.3, 0.4) is 0 Å². The van der Waals surface area contributed by atoms with Gasteiger partial charge < -0.3 is 15.6 Å². The molecule has 1 aromatic heterocycles. The smallest absolute Gasteiger partial charge is 0.267 e. The first-order chi connectivity index (χ1) is 13.0. The number of aromatic amines is 1. The Bertz CT molecular complexity index is 925. The van der Waals surface area contributed by atoms with Gasteiger partial charge in [-0.15, -0.1) is 0 Å². The molecule has 27 heavy (non-hydrogen) atoms. The lowest BCUT2D eigenvalue weighted by Crippen LogP contribution is -2.48. The summed E-state index contributed by atoms with van der Waals surface area (Å²) in [5, 5.41) is 15.0. The van der Waals surface area contributed by atoms with Crippen LogP contribution in [0.1, 0.15) is 53.5 Å². The molecule has 0 unspecified atom stereocenters. The van der Waals surface area contributed by atoms with Crippen molar-refractivity contribution in [1.82, 2.24) is 15.6 Å². The zero-order valence-electron chi connectivity index (χ0n) is 15.2. The summed E-state index contributed by atoms with van der Waals surface area (Å²) in [5.41, 5.74) is 1.54. The second kappa shape index (κ2) is 8.04. The highest BCUT2D eigenvalue weighted by molar-refractivity contribution is 6.08. The number of H-pyrrole nitrogens is 1. The van der Waals surface area contributed by atoms with Gasteiger partial charge in [-0.25, -0.2) is 0 Å². The van der Waals surface area contributed by atoms with Crippen molar-refractivity contribution in [3.05, 3.63) is 35.5 Å². The molecule has 1 aliphatic carbocycles. The summed E-state index contributed by atoms with van der Waals surface area (Å²) in [6, 6.07) is 8.68. The molecule has 1 aliphatic rings. The van der Waals surface area contributed by atoms with E-state index in [0.29, 0.717) is 23.2 Å². The quantitative estimate of drug-likeness (QED) is 0.556. The first-order valence-corrected chi connectivity index (χ1v) is 9.09. The molecule has 2 amide bonds. The number of hydrogen-bond acceptors (Lipinski definition) is 4. The van der Waals surface area contributed by atoms with Crippen LogP contribution in [-0.2, 0) is 4.79 Å². The second-order valence-corrected chi connectivity index (χ2v) is 6.86. The van der Waals surface area contributed by atoms with Gasteiger partial charge in [0.15, 0.2) is 5.78 Å². The van der Waals surface area contributed by atoms with Gasteiger partial charge in [0.1, 0.15) is 12.2 Å². The number of rotatable bonds is 5. The number of Topliss-reactive ketones (excluding diaryl/α,β-unsaturated/α-hetero) is 1. The Morgan fingerprint density at radius 3 is 2.78 bits per heavy atom. The molecule has 7 heteroatoms. The molecule has 1 heterocycles. The molecule has 1 aromatic carbocycles. The number of ketones is 1. The zero-order valence-corrected chi connectivity index (χ0v) is 15.2. The summed E-state index contributed by atoms with van der Waals surface area (Å²) in [5.74, 6) is -0.910. The van der Waals surface area contributed by atoms with E-state index in [9.17, 15) is 14.4 Å². The van der Waals surface area contributed by atoms with Crippen molar-refractivity contribution < 1.29 is 14.4 Å². The van der Waals surface area contributed by atoms with Crippen molar-refractivity contribution in [2.75, 3.05) is 6.54 Å². The molecule has 2 aromatic rings. The summed E-state index contributed by atoms with van der Waals surface area (Å²) in [6.07, 6.45) is 3.26. The maximum absolute atomic E-state index is 12.7. The number of amides is 2. The van der Waals surface area contributed by atoms with Gasteiger partial charge in [0.2, 0.25) is 5.91 Å². The predicted molar refractivity (Wildman–Crippen MR) is 100 cm³/mol. The molecule has 7 nitrogen and oxygen atoms in total. The van der Waals surface area contributed by atoms with Crippen molar-refractivity contribution in [2.24, 2.45) is 5.92 Å². The second-order valence-electron chi connectivity index (χ2n) is 6.86. The zero-order chi connectivity index (χ0) is 19.4. The van der Waals surface area contributed by atoms with E-state index in [1.165, 1.54) is 6.92 Å². The van der Waals surface area contributed by atoms with E-state index in [-0.39, 0.29) is 36.1 Å². The first kappa shape index (κ1) is 18.6. The maximum atomic E-state index is 12.7. The van der Waals surface area contributed by atoms with Gasteiger partial charge >= 0.3 is 0 Å². The molecule has 0 bridgehead atoms. The number of nitrogens with zero attached hydrogens (tertiary/aromatic N) is 1. The van der Waals surface area contributed by atoms with Crippen LogP contribution in [0.2, 0.25) is 0 Å². The lowest BCUT2D eigenvalue weighted by atomic mass is 9.83. The number of carbonyl (C=O) groups excluding carboxylic acids is 3. The van der Waals surface area contributed by atoms with Crippen molar-refractivity contribution in [3.63, 3.8) is 0 Å². The van der Waals surface area contributed by atoms with Crippen LogP contribution in [0, 0.1) is 17.2 Å². The number of nitrogens with one attached hydrogen (secondary N) is 3. The Morgan fingerprint density at radius 1 is 1.26 bits per heavy atom. The number of carbonyl (C=O) groups is 3. The molecule has 0 aliphatic heterocycles. The third kappa shape index (κ3) is 4.00. The molecule has 0 spiro atoms. The van der Waals surface area contributed by atoms with Crippen LogP contribution in [0.4, 0.5) is 0 Å². The highest BCUT2D eigenvalue weighted by atomic mass is 16.2. The minimum Gasteiger partial charge on any atom is -0.350 e. The standard InChI is InChI=1S/C20H22N4O3/c1-12(25)14-7-4-5-13-11-17(23-18(13)14)20(27)24-16-8-3-2-6-15(16)19(26)22-10-9-21/h4-5,7,11,15-16,23H,2-3,6,8,10H2,1H3,(H,22,26)(H,24,27)/t15-,16+/m1/s1. The van der Waals surface area contributed by atoms with E-state index in [2.05, 4.69) is 15.6 Å². The Balaban J connectivity index is 1.78. The summed E-state index contributed by atoms with van der Waals surface area (Å²) < 4.78 is 0. The summed E-state index contributed by atoms with van der Waals surface area (Å²) in [4.78, 5) is 39.8. The van der Waals surface area contributed by atoms with Crippen LogP contribution in [-0.4, -0.2) is 35.2 Å². The lowest BCUT2D eigenvalue weighted by molar-refractivity contribution is -0.126. The third-order valence-electron chi connectivity index (χ3n) is 5.04. The normalized spacial score (nSPS) is 19.3. The van der Waals surface area contributed by atoms with Crippen LogP contribution in [0.5, 0.6) is 0 Å². The van der Waals surface area contributed by atoms with Gasteiger partial charge in [0.05, 0.1) is 17.5 Å². The number of para-hydroxylation sites is 1. The maximum Gasteiger partial charge on any atom is 0.267 e. The molecule has 1 saturated carbocycles. The monoisotopic (exact) mass is 366 g/mol. The fraction of sp³-hybridized carbons (Fsp3) is 0.400. The minimum atomic E-state index is -0.340. The molecular weight excluding hydrogens is 344 g/mol. The third-order valence-corrected chi connectivity index (χ3v) is 5.04. The van der Waals surface area contributed by atoms with Gasteiger partial charge in [-0.1, -0.05) is 25.0 Å². The Morgan fingerprint density at radius 2 is 2.04 bits per heavy atom. The number of aromatic nitrogens is 1. The minimum absolute atomic E-state index is 0.0359. The Labute approximate surface area is 157 Å². The van der Waals surface area contributed by atoms with Crippen LogP contribution >= 0.6 is 0 Å². The predicted octanol–water partition coefficient (Wildman–Crippen LogP) is 2.30. The molecule has 0 radical (unpaired) electrons.